The Balaban J connectivity index is 1.40. The summed E-state index contributed by atoms with van der Waals surface area (Å²) in [7, 11) is 0. The lowest BCUT2D eigenvalue weighted by Crippen LogP contribution is -2.36. The zero-order valence-electron chi connectivity index (χ0n) is 19.1. The second-order valence-corrected chi connectivity index (χ2v) is 8.92. The number of aryl methyl sites for hydroxylation is 2. The van der Waals surface area contributed by atoms with Crippen LogP contribution in [0.15, 0.2) is 56.7 Å². The largest absolute Gasteiger partial charge is 0.464 e. The third kappa shape index (κ3) is 4.39. The molecule has 2 aromatic carbocycles. The molecule has 0 spiro atoms. The highest BCUT2D eigenvalue weighted by atomic mass is 19.4. The van der Waals surface area contributed by atoms with E-state index in [1.165, 1.54) is 18.4 Å². The van der Waals surface area contributed by atoms with Crippen LogP contribution in [0.1, 0.15) is 33.5 Å². The Labute approximate surface area is 198 Å². The van der Waals surface area contributed by atoms with Gasteiger partial charge in [0.25, 0.3) is 5.56 Å². The standard InChI is InChI=1S/C26H22F3N3O3/c1-14-9-15(2)22-21(10-14)35-13-17(23(22)33)11-32-8-7-20-19(12-32)25(34)31-24(30-20)16-3-5-18(6-4-16)26(27,28)29/h3-6,9-10,13H,7-8,11-12H2,1-2H3,(H,30,31,34). The van der Waals surface area contributed by atoms with E-state index in [9.17, 15) is 22.8 Å². The Morgan fingerprint density at radius 2 is 1.86 bits per heavy atom. The molecule has 180 valence electrons. The van der Waals surface area contributed by atoms with Crippen molar-refractivity contribution in [1.82, 2.24) is 14.9 Å². The van der Waals surface area contributed by atoms with Crippen LogP contribution in [0, 0.1) is 13.8 Å². The smallest absolute Gasteiger partial charge is 0.416 e. The second kappa shape index (κ2) is 8.49. The number of nitrogens with one attached hydrogen (secondary N) is 1. The first-order valence-corrected chi connectivity index (χ1v) is 11.1. The maximum atomic E-state index is 13.1. The summed E-state index contributed by atoms with van der Waals surface area (Å²) in [5.41, 5.74) is 3.25. The quantitative estimate of drug-likeness (QED) is 0.458. The molecule has 2 aromatic heterocycles. The van der Waals surface area contributed by atoms with Gasteiger partial charge in [-0.2, -0.15) is 13.2 Å². The predicted octanol–water partition coefficient (Wildman–Crippen LogP) is 4.74. The summed E-state index contributed by atoms with van der Waals surface area (Å²) in [6.45, 7) is 5.02. The summed E-state index contributed by atoms with van der Waals surface area (Å²) in [5, 5.41) is 0.561. The van der Waals surface area contributed by atoms with Gasteiger partial charge < -0.3 is 9.40 Å². The molecule has 9 heteroatoms. The van der Waals surface area contributed by atoms with E-state index in [2.05, 4.69) is 9.97 Å². The average Bonchev–Trinajstić information content (AvgIpc) is 2.80. The monoisotopic (exact) mass is 481 g/mol. The van der Waals surface area contributed by atoms with Crippen LogP contribution < -0.4 is 11.0 Å². The molecule has 0 atom stereocenters. The van der Waals surface area contributed by atoms with Gasteiger partial charge in [0.15, 0.2) is 5.43 Å². The van der Waals surface area contributed by atoms with Crippen molar-refractivity contribution in [3.05, 3.63) is 96.7 Å². The number of H-pyrrole nitrogens is 1. The van der Waals surface area contributed by atoms with Gasteiger partial charge >= 0.3 is 6.18 Å². The summed E-state index contributed by atoms with van der Waals surface area (Å²) >= 11 is 0. The lowest BCUT2D eigenvalue weighted by molar-refractivity contribution is -0.137. The summed E-state index contributed by atoms with van der Waals surface area (Å²) in [5.74, 6) is 0.233. The first kappa shape index (κ1) is 23.0. The molecule has 1 N–H and O–H groups in total. The molecule has 0 fully saturated rings. The van der Waals surface area contributed by atoms with Crippen molar-refractivity contribution in [3.63, 3.8) is 0 Å². The van der Waals surface area contributed by atoms with Crippen LogP contribution in [-0.4, -0.2) is 21.4 Å². The van der Waals surface area contributed by atoms with Crippen LogP contribution >= 0.6 is 0 Å². The summed E-state index contributed by atoms with van der Waals surface area (Å²) in [6.07, 6.45) is -2.47. The van der Waals surface area contributed by atoms with Gasteiger partial charge in [0, 0.05) is 37.2 Å². The number of alkyl halides is 3. The first-order chi connectivity index (χ1) is 16.6. The van der Waals surface area contributed by atoms with Crippen LogP contribution in [0.3, 0.4) is 0 Å². The maximum absolute atomic E-state index is 13.1. The van der Waals surface area contributed by atoms with E-state index in [0.717, 1.165) is 23.3 Å². The number of aromatic amines is 1. The van der Waals surface area contributed by atoms with Gasteiger partial charge in [0.2, 0.25) is 0 Å². The zero-order valence-corrected chi connectivity index (χ0v) is 19.1. The van der Waals surface area contributed by atoms with Crippen LogP contribution in [0.5, 0.6) is 0 Å². The minimum Gasteiger partial charge on any atom is -0.464 e. The molecule has 0 radical (unpaired) electrons. The van der Waals surface area contributed by atoms with Crippen molar-refractivity contribution in [2.75, 3.05) is 6.54 Å². The van der Waals surface area contributed by atoms with E-state index < -0.39 is 11.7 Å². The molecule has 1 aliphatic rings. The Morgan fingerprint density at radius 3 is 2.57 bits per heavy atom. The Bertz CT molecular complexity index is 1550. The normalized spacial score (nSPS) is 14.3. The molecule has 1 aliphatic heterocycles. The number of benzene rings is 2. The fourth-order valence-corrected chi connectivity index (χ4v) is 4.58. The van der Waals surface area contributed by atoms with Crippen molar-refractivity contribution in [2.24, 2.45) is 0 Å². The van der Waals surface area contributed by atoms with E-state index in [4.69, 9.17) is 4.42 Å². The third-order valence-electron chi connectivity index (χ3n) is 6.32. The predicted molar refractivity (Wildman–Crippen MR) is 125 cm³/mol. The van der Waals surface area contributed by atoms with Crippen LogP contribution in [-0.2, 0) is 25.7 Å². The summed E-state index contributed by atoms with van der Waals surface area (Å²) in [4.78, 5) is 35.1. The minimum absolute atomic E-state index is 0.0840. The minimum atomic E-state index is -4.43. The van der Waals surface area contributed by atoms with Gasteiger partial charge in [0.05, 0.1) is 28.5 Å². The number of halogens is 3. The molecule has 0 saturated heterocycles. The Morgan fingerprint density at radius 1 is 1.11 bits per heavy atom. The molecule has 0 amide bonds. The summed E-state index contributed by atoms with van der Waals surface area (Å²) in [6, 6.07) is 8.31. The van der Waals surface area contributed by atoms with E-state index in [0.29, 0.717) is 59.4 Å². The number of hydrogen-bond donors (Lipinski definition) is 1. The average molecular weight is 481 g/mol. The van der Waals surface area contributed by atoms with Gasteiger partial charge in [-0.1, -0.05) is 18.2 Å². The molecular weight excluding hydrogens is 459 g/mol. The number of aromatic nitrogens is 2. The SMILES string of the molecule is Cc1cc(C)c2c(=O)c(CN3CCc4nc(-c5ccc(C(F)(F)F)cc5)[nH]c(=O)c4C3)coc2c1. The highest BCUT2D eigenvalue weighted by Gasteiger charge is 2.30. The second-order valence-electron chi connectivity index (χ2n) is 8.92. The van der Waals surface area contributed by atoms with Crippen molar-refractivity contribution >= 4 is 11.0 Å². The molecule has 5 rings (SSSR count). The van der Waals surface area contributed by atoms with Crippen molar-refractivity contribution < 1.29 is 17.6 Å². The highest BCUT2D eigenvalue weighted by Crippen LogP contribution is 2.30. The van der Waals surface area contributed by atoms with Crippen molar-refractivity contribution in [1.29, 1.82) is 0 Å². The van der Waals surface area contributed by atoms with E-state index in [-0.39, 0.29) is 16.8 Å². The molecule has 6 nitrogen and oxygen atoms in total. The summed E-state index contributed by atoms with van der Waals surface area (Å²) < 4.78 is 44.3. The number of hydrogen-bond acceptors (Lipinski definition) is 5. The van der Waals surface area contributed by atoms with Gasteiger partial charge in [-0.3, -0.25) is 14.5 Å². The zero-order chi connectivity index (χ0) is 24.9. The van der Waals surface area contributed by atoms with Crippen LogP contribution in [0.2, 0.25) is 0 Å². The van der Waals surface area contributed by atoms with Crippen LogP contribution in [0.25, 0.3) is 22.4 Å². The van der Waals surface area contributed by atoms with Gasteiger partial charge in [-0.15, -0.1) is 0 Å². The lowest BCUT2D eigenvalue weighted by Gasteiger charge is -2.27. The van der Waals surface area contributed by atoms with E-state index in [1.807, 2.05) is 30.9 Å². The molecular formula is C26H22F3N3O3. The molecule has 4 aromatic rings. The maximum Gasteiger partial charge on any atom is 0.416 e. The molecule has 0 unspecified atom stereocenters. The van der Waals surface area contributed by atoms with Crippen molar-refractivity contribution in [2.45, 2.75) is 39.5 Å². The number of nitrogens with zero attached hydrogens (tertiary/aromatic N) is 2. The third-order valence-corrected chi connectivity index (χ3v) is 6.32. The molecule has 0 bridgehead atoms. The Kier molecular flexibility index (Phi) is 5.59. The van der Waals surface area contributed by atoms with E-state index in [1.54, 1.807) is 0 Å². The Hall–Kier alpha value is -3.72. The van der Waals surface area contributed by atoms with Crippen molar-refractivity contribution in [3.8, 4) is 11.4 Å². The lowest BCUT2D eigenvalue weighted by atomic mass is 10.0. The van der Waals surface area contributed by atoms with Gasteiger partial charge in [-0.05, 0) is 43.2 Å². The van der Waals surface area contributed by atoms with Crippen LogP contribution in [0.4, 0.5) is 13.2 Å². The van der Waals surface area contributed by atoms with Gasteiger partial charge in [0.1, 0.15) is 11.4 Å². The fourth-order valence-electron chi connectivity index (χ4n) is 4.58. The highest BCUT2D eigenvalue weighted by molar-refractivity contribution is 5.81. The molecule has 0 saturated carbocycles. The number of rotatable bonds is 3. The molecule has 0 aliphatic carbocycles. The first-order valence-electron chi connectivity index (χ1n) is 11.1. The topological polar surface area (TPSA) is 79.2 Å². The number of fused-ring (bicyclic) bond motifs is 2. The van der Waals surface area contributed by atoms with E-state index >= 15 is 0 Å². The van der Waals surface area contributed by atoms with Gasteiger partial charge in [-0.25, -0.2) is 4.98 Å². The molecule has 3 heterocycles. The molecule has 35 heavy (non-hydrogen) atoms. The fraction of sp³-hybridized carbons (Fsp3) is 0.269.